The summed E-state index contributed by atoms with van der Waals surface area (Å²) in [6, 6.07) is 5.61. The van der Waals surface area contributed by atoms with E-state index in [2.05, 4.69) is 4.74 Å². The fourth-order valence-electron chi connectivity index (χ4n) is 2.38. The first-order chi connectivity index (χ1) is 12.1. The van der Waals surface area contributed by atoms with Crippen molar-refractivity contribution < 1.29 is 44.3 Å². The largest absolute Gasteiger partial charge is 0.460 e. The van der Waals surface area contributed by atoms with Crippen LogP contribution in [0.4, 0.5) is 39.5 Å². The van der Waals surface area contributed by atoms with Gasteiger partial charge in [-0.1, -0.05) is 38.1 Å². The van der Waals surface area contributed by atoms with Crippen molar-refractivity contribution in [1.29, 1.82) is 0 Å². The molecule has 2 unspecified atom stereocenters. The van der Waals surface area contributed by atoms with Crippen LogP contribution in [0.2, 0.25) is 0 Å². The van der Waals surface area contributed by atoms with Crippen molar-refractivity contribution in [3.63, 3.8) is 0 Å². The first kappa shape index (κ1) is 23.6. The molecule has 0 aliphatic heterocycles. The lowest BCUT2D eigenvalue weighted by Gasteiger charge is -2.35. The molecule has 0 heterocycles. The summed E-state index contributed by atoms with van der Waals surface area (Å²) in [6.45, 7) is 3.79. The van der Waals surface area contributed by atoms with Gasteiger partial charge in [0.1, 0.15) is 0 Å². The van der Waals surface area contributed by atoms with Gasteiger partial charge in [0.2, 0.25) is 0 Å². The van der Waals surface area contributed by atoms with Gasteiger partial charge in [0.25, 0.3) is 0 Å². The van der Waals surface area contributed by atoms with Crippen LogP contribution in [0.1, 0.15) is 49.8 Å². The van der Waals surface area contributed by atoms with E-state index in [1.165, 1.54) is 24.3 Å². The first-order valence-electron chi connectivity index (χ1n) is 7.95. The summed E-state index contributed by atoms with van der Waals surface area (Å²) in [5.74, 6) is -19.1. The summed E-state index contributed by atoms with van der Waals surface area (Å²) in [5.41, 5.74) is 0.771. The van der Waals surface area contributed by atoms with E-state index in [1.54, 1.807) is 0 Å². The van der Waals surface area contributed by atoms with Crippen LogP contribution < -0.4 is 0 Å². The van der Waals surface area contributed by atoms with Crippen LogP contribution in [-0.4, -0.2) is 31.1 Å². The predicted molar refractivity (Wildman–Crippen MR) is 80.4 cm³/mol. The third kappa shape index (κ3) is 4.52. The zero-order valence-corrected chi connectivity index (χ0v) is 14.7. The van der Waals surface area contributed by atoms with Gasteiger partial charge in [0.05, 0.1) is 6.10 Å². The first-order valence-corrected chi connectivity index (χ1v) is 7.95. The standard InChI is InChI=1S/C17H19F9O/c1-4-10(2)11-5-7-12(8-6-11)13(27-3)9-14(18,19)15(20,21)16(22,23)17(24,25)26/h5-8,10,13H,4,9H2,1-3H3. The lowest BCUT2D eigenvalue weighted by Crippen LogP contribution is -2.61. The van der Waals surface area contributed by atoms with Crippen molar-refractivity contribution >= 4 is 0 Å². The molecule has 0 saturated heterocycles. The van der Waals surface area contributed by atoms with Crippen molar-refractivity contribution in [2.45, 2.75) is 62.7 Å². The molecule has 1 aromatic rings. The molecule has 1 aromatic carbocycles. The van der Waals surface area contributed by atoms with E-state index in [1.807, 2.05) is 13.8 Å². The fraction of sp³-hybridized carbons (Fsp3) is 0.647. The van der Waals surface area contributed by atoms with Gasteiger partial charge in [-0.05, 0) is 23.5 Å². The van der Waals surface area contributed by atoms with Crippen LogP contribution in [-0.2, 0) is 4.74 Å². The number of hydrogen-bond acceptors (Lipinski definition) is 1. The Bertz CT molecular complexity index is 608. The Labute approximate surface area is 150 Å². The van der Waals surface area contributed by atoms with E-state index in [4.69, 9.17) is 0 Å². The molecule has 0 aromatic heterocycles. The Morgan fingerprint density at radius 3 is 1.63 bits per heavy atom. The molecule has 10 heteroatoms. The van der Waals surface area contributed by atoms with Gasteiger partial charge >= 0.3 is 23.9 Å². The molecular formula is C17H19F9O. The quantitative estimate of drug-likeness (QED) is 0.431. The molecule has 1 rings (SSSR count). The minimum Gasteiger partial charge on any atom is -0.377 e. The summed E-state index contributed by atoms with van der Waals surface area (Å²) in [7, 11) is 0.864. The molecule has 0 amide bonds. The molecule has 156 valence electrons. The van der Waals surface area contributed by atoms with Gasteiger partial charge in [-0.2, -0.15) is 39.5 Å². The molecule has 0 N–H and O–H groups in total. The van der Waals surface area contributed by atoms with Crippen molar-refractivity contribution in [2.24, 2.45) is 0 Å². The number of benzene rings is 1. The lowest BCUT2D eigenvalue weighted by molar-refractivity contribution is -0.398. The second-order valence-electron chi connectivity index (χ2n) is 6.26. The van der Waals surface area contributed by atoms with Crippen LogP contribution in [0, 0.1) is 0 Å². The molecule has 27 heavy (non-hydrogen) atoms. The topological polar surface area (TPSA) is 9.23 Å². The molecule has 0 aliphatic rings. The second kappa shape index (κ2) is 7.89. The maximum Gasteiger partial charge on any atom is 0.460 e. The minimum absolute atomic E-state index is 0.0460. The fourth-order valence-corrected chi connectivity index (χ4v) is 2.38. The van der Waals surface area contributed by atoms with Crippen LogP contribution in [0.5, 0.6) is 0 Å². The molecule has 0 radical (unpaired) electrons. The number of alkyl halides is 9. The normalized spacial score (nSPS) is 16.3. The molecule has 0 spiro atoms. The Kier molecular flexibility index (Phi) is 6.89. The molecule has 0 fully saturated rings. The predicted octanol–water partition coefficient (Wildman–Crippen LogP) is 6.75. The van der Waals surface area contributed by atoms with Crippen LogP contribution >= 0.6 is 0 Å². The number of methoxy groups -OCH3 is 1. The van der Waals surface area contributed by atoms with E-state index in [9.17, 15) is 39.5 Å². The monoisotopic (exact) mass is 410 g/mol. The van der Waals surface area contributed by atoms with Crippen molar-refractivity contribution in [3.8, 4) is 0 Å². The Morgan fingerprint density at radius 2 is 1.26 bits per heavy atom. The van der Waals surface area contributed by atoms with Gasteiger partial charge in [0, 0.05) is 13.5 Å². The third-order valence-corrected chi connectivity index (χ3v) is 4.43. The van der Waals surface area contributed by atoms with E-state index < -0.39 is 36.5 Å². The summed E-state index contributed by atoms with van der Waals surface area (Å²) in [6.07, 6.45) is -9.92. The number of halogens is 9. The zero-order chi connectivity index (χ0) is 21.3. The van der Waals surface area contributed by atoms with Crippen LogP contribution in [0.3, 0.4) is 0 Å². The molecule has 0 bridgehead atoms. The van der Waals surface area contributed by atoms with E-state index in [-0.39, 0.29) is 11.5 Å². The Hall–Kier alpha value is -1.45. The molecule has 1 nitrogen and oxygen atoms in total. The second-order valence-corrected chi connectivity index (χ2v) is 6.26. The van der Waals surface area contributed by atoms with Crippen LogP contribution in [0.25, 0.3) is 0 Å². The van der Waals surface area contributed by atoms with E-state index >= 15 is 0 Å². The average Bonchev–Trinajstić information content (AvgIpc) is 2.57. The van der Waals surface area contributed by atoms with Gasteiger partial charge < -0.3 is 4.74 Å². The minimum atomic E-state index is -6.90. The summed E-state index contributed by atoms with van der Waals surface area (Å²) < 4.78 is 121. The highest BCUT2D eigenvalue weighted by molar-refractivity contribution is 5.27. The molecule has 2 atom stereocenters. The van der Waals surface area contributed by atoms with Crippen molar-refractivity contribution in [1.82, 2.24) is 0 Å². The van der Waals surface area contributed by atoms with Gasteiger partial charge in [-0.15, -0.1) is 0 Å². The molecular weight excluding hydrogens is 391 g/mol. The number of rotatable bonds is 8. The van der Waals surface area contributed by atoms with Crippen LogP contribution in [0.15, 0.2) is 24.3 Å². The highest BCUT2D eigenvalue weighted by atomic mass is 19.4. The molecule has 0 saturated carbocycles. The SMILES string of the molecule is CCC(C)c1ccc(C(CC(F)(F)C(F)(F)C(F)(F)C(F)(F)F)OC)cc1. The molecule has 0 aliphatic carbocycles. The smallest absolute Gasteiger partial charge is 0.377 e. The number of hydrogen-bond donors (Lipinski definition) is 0. The highest BCUT2D eigenvalue weighted by Gasteiger charge is 2.81. The van der Waals surface area contributed by atoms with Gasteiger partial charge in [-0.25, -0.2) is 0 Å². The average molecular weight is 410 g/mol. The maximum absolute atomic E-state index is 13.8. The number of ether oxygens (including phenoxy) is 1. The highest BCUT2D eigenvalue weighted by Crippen LogP contribution is 2.55. The summed E-state index contributed by atoms with van der Waals surface area (Å²) >= 11 is 0. The summed E-state index contributed by atoms with van der Waals surface area (Å²) in [5, 5.41) is 0. The Balaban J connectivity index is 3.14. The maximum atomic E-state index is 13.8. The third-order valence-electron chi connectivity index (χ3n) is 4.43. The van der Waals surface area contributed by atoms with Crippen molar-refractivity contribution in [2.75, 3.05) is 7.11 Å². The van der Waals surface area contributed by atoms with E-state index in [0.717, 1.165) is 19.1 Å². The lowest BCUT2D eigenvalue weighted by atomic mass is 9.93. The Morgan fingerprint density at radius 1 is 0.815 bits per heavy atom. The summed E-state index contributed by atoms with van der Waals surface area (Å²) in [4.78, 5) is 0. The zero-order valence-electron chi connectivity index (χ0n) is 14.7. The van der Waals surface area contributed by atoms with Gasteiger partial charge in [0.15, 0.2) is 0 Å². The van der Waals surface area contributed by atoms with Gasteiger partial charge in [-0.3, -0.25) is 0 Å². The van der Waals surface area contributed by atoms with E-state index in [0.29, 0.717) is 0 Å². The van der Waals surface area contributed by atoms with Crippen molar-refractivity contribution in [3.05, 3.63) is 35.4 Å².